The third kappa shape index (κ3) is 1.87. The summed E-state index contributed by atoms with van der Waals surface area (Å²) in [6.07, 6.45) is 7.58. The van der Waals surface area contributed by atoms with Gasteiger partial charge in [0.05, 0.1) is 5.69 Å². The number of pyridine rings is 1. The second-order valence-corrected chi connectivity index (χ2v) is 5.57. The molecule has 5 aromatic rings. The second-order valence-electron chi connectivity index (χ2n) is 5.57. The lowest BCUT2D eigenvalue weighted by atomic mass is 10.0. The standard InChI is InChI=1S/C18H13N5/c1-2-16-12(3-5-19-16)7-11(1)13-8-14-15(17-4-6-22-23-17)10-21-18(14)20-9-13/h1-10,19H,(H,20,21)(H,22,23). The summed E-state index contributed by atoms with van der Waals surface area (Å²) in [4.78, 5) is 11.0. The molecule has 0 aliphatic carbocycles. The number of rotatable bonds is 2. The van der Waals surface area contributed by atoms with Crippen LogP contribution in [0, 0.1) is 0 Å². The molecule has 0 spiro atoms. The van der Waals surface area contributed by atoms with E-state index in [1.807, 2.05) is 24.7 Å². The fourth-order valence-corrected chi connectivity index (χ4v) is 3.02. The van der Waals surface area contributed by atoms with Crippen LogP contribution in [0.2, 0.25) is 0 Å². The van der Waals surface area contributed by atoms with Gasteiger partial charge in [-0.05, 0) is 41.3 Å². The van der Waals surface area contributed by atoms with Crippen molar-refractivity contribution in [1.29, 1.82) is 0 Å². The number of nitrogens with one attached hydrogen (secondary N) is 3. The van der Waals surface area contributed by atoms with Crippen LogP contribution in [0.3, 0.4) is 0 Å². The highest BCUT2D eigenvalue weighted by Gasteiger charge is 2.10. The van der Waals surface area contributed by atoms with Gasteiger partial charge in [-0.15, -0.1) is 0 Å². The second kappa shape index (κ2) is 4.58. The molecule has 0 bridgehead atoms. The minimum Gasteiger partial charge on any atom is -0.361 e. The van der Waals surface area contributed by atoms with E-state index in [0.29, 0.717) is 0 Å². The maximum Gasteiger partial charge on any atom is 0.137 e. The molecule has 5 heteroatoms. The Kier molecular flexibility index (Phi) is 2.43. The molecular weight excluding hydrogens is 286 g/mol. The lowest BCUT2D eigenvalue weighted by molar-refractivity contribution is 1.10. The number of hydrogen-bond donors (Lipinski definition) is 3. The van der Waals surface area contributed by atoms with Gasteiger partial charge in [-0.3, -0.25) is 5.10 Å². The minimum absolute atomic E-state index is 0.876. The molecule has 0 aliphatic heterocycles. The Morgan fingerprint density at radius 3 is 2.83 bits per heavy atom. The highest BCUT2D eigenvalue weighted by molar-refractivity contribution is 5.95. The Hall–Kier alpha value is -3.34. The van der Waals surface area contributed by atoms with Crippen LogP contribution in [0.4, 0.5) is 0 Å². The number of benzene rings is 1. The van der Waals surface area contributed by atoms with Gasteiger partial charge in [-0.2, -0.15) is 5.10 Å². The molecule has 23 heavy (non-hydrogen) atoms. The SMILES string of the molecule is c1cc(-c2c[nH]c3ncc(-c4ccc5[nH]ccc5c4)cc23)[nH]n1. The number of aromatic nitrogens is 5. The van der Waals surface area contributed by atoms with Crippen LogP contribution >= 0.6 is 0 Å². The molecule has 0 saturated carbocycles. The number of fused-ring (bicyclic) bond motifs is 2. The first kappa shape index (κ1) is 12.2. The van der Waals surface area contributed by atoms with Crippen LogP contribution in [0.1, 0.15) is 0 Å². The molecule has 0 unspecified atom stereocenters. The van der Waals surface area contributed by atoms with Crippen molar-refractivity contribution in [3.05, 3.63) is 61.2 Å². The Labute approximate surface area is 131 Å². The van der Waals surface area contributed by atoms with Gasteiger partial charge in [-0.25, -0.2) is 4.98 Å². The molecule has 3 N–H and O–H groups in total. The van der Waals surface area contributed by atoms with Gasteiger partial charge in [0.15, 0.2) is 0 Å². The number of nitrogens with zero attached hydrogens (tertiary/aromatic N) is 2. The van der Waals surface area contributed by atoms with Gasteiger partial charge in [0.1, 0.15) is 5.65 Å². The highest BCUT2D eigenvalue weighted by Crippen LogP contribution is 2.30. The first-order chi connectivity index (χ1) is 11.4. The van der Waals surface area contributed by atoms with E-state index in [2.05, 4.69) is 55.5 Å². The fourth-order valence-electron chi connectivity index (χ4n) is 3.02. The zero-order chi connectivity index (χ0) is 15.2. The van der Waals surface area contributed by atoms with Gasteiger partial charge in [0, 0.05) is 46.8 Å². The van der Waals surface area contributed by atoms with Crippen molar-refractivity contribution in [3.63, 3.8) is 0 Å². The predicted octanol–water partition coefficient (Wildman–Crippen LogP) is 4.10. The van der Waals surface area contributed by atoms with Gasteiger partial charge in [0.2, 0.25) is 0 Å². The molecule has 110 valence electrons. The van der Waals surface area contributed by atoms with Gasteiger partial charge < -0.3 is 9.97 Å². The molecule has 1 aromatic carbocycles. The summed E-state index contributed by atoms with van der Waals surface area (Å²) in [7, 11) is 0. The van der Waals surface area contributed by atoms with E-state index in [4.69, 9.17) is 0 Å². The predicted molar refractivity (Wildman–Crippen MR) is 91.0 cm³/mol. The molecule has 4 heterocycles. The Morgan fingerprint density at radius 2 is 1.91 bits per heavy atom. The first-order valence-electron chi connectivity index (χ1n) is 7.43. The summed E-state index contributed by atoms with van der Waals surface area (Å²) in [5.74, 6) is 0. The van der Waals surface area contributed by atoms with E-state index in [1.165, 1.54) is 5.39 Å². The summed E-state index contributed by atoms with van der Waals surface area (Å²) < 4.78 is 0. The van der Waals surface area contributed by atoms with Gasteiger partial charge in [0.25, 0.3) is 0 Å². The lowest BCUT2D eigenvalue weighted by Gasteiger charge is -2.03. The molecule has 5 nitrogen and oxygen atoms in total. The van der Waals surface area contributed by atoms with Gasteiger partial charge >= 0.3 is 0 Å². The van der Waals surface area contributed by atoms with E-state index < -0.39 is 0 Å². The minimum atomic E-state index is 0.876. The maximum absolute atomic E-state index is 4.56. The van der Waals surface area contributed by atoms with Crippen molar-refractivity contribution in [2.24, 2.45) is 0 Å². The molecule has 0 radical (unpaired) electrons. The van der Waals surface area contributed by atoms with E-state index >= 15 is 0 Å². The summed E-state index contributed by atoms with van der Waals surface area (Å²) in [6, 6.07) is 12.6. The first-order valence-corrected chi connectivity index (χ1v) is 7.43. The number of H-pyrrole nitrogens is 3. The summed E-state index contributed by atoms with van der Waals surface area (Å²) in [6.45, 7) is 0. The monoisotopic (exact) mass is 299 g/mol. The lowest BCUT2D eigenvalue weighted by Crippen LogP contribution is -1.83. The molecule has 0 saturated heterocycles. The van der Waals surface area contributed by atoms with Crippen LogP contribution in [0.5, 0.6) is 0 Å². The zero-order valence-electron chi connectivity index (χ0n) is 12.2. The van der Waals surface area contributed by atoms with Crippen molar-refractivity contribution >= 4 is 21.9 Å². The quantitative estimate of drug-likeness (QED) is 0.459. The molecule has 0 atom stereocenters. The van der Waals surface area contributed by atoms with Crippen LogP contribution < -0.4 is 0 Å². The summed E-state index contributed by atoms with van der Waals surface area (Å²) in [5, 5.41) is 9.32. The van der Waals surface area contributed by atoms with Gasteiger partial charge in [-0.1, -0.05) is 6.07 Å². The normalized spacial score (nSPS) is 11.5. The smallest absolute Gasteiger partial charge is 0.137 e. The van der Waals surface area contributed by atoms with Crippen molar-refractivity contribution < 1.29 is 0 Å². The van der Waals surface area contributed by atoms with Crippen LogP contribution in [0.25, 0.3) is 44.3 Å². The average molecular weight is 299 g/mol. The summed E-state index contributed by atoms with van der Waals surface area (Å²) in [5.41, 5.74) is 6.33. The van der Waals surface area contributed by atoms with Crippen LogP contribution in [0.15, 0.2) is 61.2 Å². The fraction of sp³-hybridized carbons (Fsp3) is 0. The Balaban J connectivity index is 1.71. The molecule has 4 aromatic heterocycles. The van der Waals surface area contributed by atoms with Crippen LogP contribution in [-0.4, -0.2) is 25.1 Å². The maximum atomic E-state index is 4.56. The number of hydrogen-bond acceptors (Lipinski definition) is 2. The largest absolute Gasteiger partial charge is 0.361 e. The van der Waals surface area contributed by atoms with Crippen molar-refractivity contribution in [2.75, 3.05) is 0 Å². The van der Waals surface area contributed by atoms with E-state index in [0.717, 1.165) is 38.9 Å². The third-order valence-corrected chi connectivity index (χ3v) is 4.21. The highest BCUT2D eigenvalue weighted by atomic mass is 15.1. The molecule has 0 aliphatic rings. The average Bonchev–Trinajstić information content (AvgIpc) is 3.32. The Morgan fingerprint density at radius 1 is 0.913 bits per heavy atom. The van der Waals surface area contributed by atoms with E-state index in [-0.39, 0.29) is 0 Å². The van der Waals surface area contributed by atoms with Crippen LogP contribution in [-0.2, 0) is 0 Å². The van der Waals surface area contributed by atoms with Crippen molar-refractivity contribution in [2.45, 2.75) is 0 Å². The Bertz CT molecular complexity index is 1110. The van der Waals surface area contributed by atoms with Crippen molar-refractivity contribution in [1.82, 2.24) is 25.1 Å². The topological polar surface area (TPSA) is 73.2 Å². The van der Waals surface area contributed by atoms with Crippen molar-refractivity contribution in [3.8, 4) is 22.4 Å². The third-order valence-electron chi connectivity index (χ3n) is 4.21. The molecule has 0 amide bonds. The molecule has 5 rings (SSSR count). The number of aromatic amines is 3. The summed E-state index contributed by atoms with van der Waals surface area (Å²) >= 11 is 0. The van der Waals surface area contributed by atoms with E-state index in [9.17, 15) is 0 Å². The zero-order valence-corrected chi connectivity index (χ0v) is 12.2. The van der Waals surface area contributed by atoms with E-state index in [1.54, 1.807) is 6.20 Å². The molecular formula is C18H13N5. The molecule has 0 fully saturated rings.